The van der Waals surface area contributed by atoms with Gasteiger partial charge >= 0.3 is 5.97 Å². The molecule has 0 saturated heterocycles. The number of benzene rings is 2. The van der Waals surface area contributed by atoms with Crippen LogP contribution in [0.2, 0.25) is 5.02 Å². The molecule has 0 atom stereocenters. The molecule has 0 aromatic heterocycles. The van der Waals surface area contributed by atoms with E-state index in [9.17, 15) is 9.90 Å². The Morgan fingerprint density at radius 1 is 1.14 bits per heavy atom. The summed E-state index contributed by atoms with van der Waals surface area (Å²) >= 11 is 6.25. The largest absolute Gasteiger partial charge is 0.497 e. The van der Waals surface area contributed by atoms with E-state index in [1.165, 1.54) is 13.2 Å². The molecule has 0 aliphatic carbocycles. The van der Waals surface area contributed by atoms with Gasteiger partial charge in [0, 0.05) is 5.56 Å². The van der Waals surface area contributed by atoms with Crippen molar-refractivity contribution in [2.24, 2.45) is 0 Å². The van der Waals surface area contributed by atoms with E-state index in [0.29, 0.717) is 34.3 Å². The second-order valence-corrected chi connectivity index (χ2v) is 4.70. The SMILES string of the molecule is CCOc1ccc(-c2ccc(OC)cc2C(=O)O)c(Cl)c1. The quantitative estimate of drug-likeness (QED) is 0.903. The minimum Gasteiger partial charge on any atom is -0.497 e. The van der Waals surface area contributed by atoms with Gasteiger partial charge in [0.1, 0.15) is 11.5 Å². The molecule has 0 unspecified atom stereocenters. The highest BCUT2D eigenvalue weighted by atomic mass is 35.5. The molecule has 0 amide bonds. The standard InChI is InChI=1S/C16H15ClO4/c1-3-21-11-5-7-13(15(17)9-11)12-6-4-10(20-2)8-14(12)16(18)19/h4-9H,3H2,1-2H3,(H,18,19). The zero-order valence-electron chi connectivity index (χ0n) is 11.7. The predicted molar refractivity (Wildman–Crippen MR) is 81.6 cm³/mol. The van der Waals surface area contributed by atoms with Gasteiger partial charge in [-0.3, -0.25) is 0 Å². The van der Waals surface area contributed by atoms with E-state index in [2.05, 4.69) is 0 Å². The zero-order chi connectivity index (χ0) is 15.4. The Morgan fingerprint density at radius 2 is 1.81 bits per heavy atom. The highest BCUT2D eigenvalue weighted by molar-refractivity contribution is 6.33. The molecular weight excluding hydrogens is 292 g/mol. The summed E-state index contributed by atoms with van der Waals surface area (Å²) in [4.78, 5) is 11.4. The van der Waals surface area contributed by atoms with E-state index in [0.717, 1.165) is 0 Å². The second-order valence-electron chi connectivity index (χ2n) is 4.29. The van der Waals surface area contributed by atoms with Crippen LogP contribution in [0, 0.1) is 0 Å². The first-order valence-corrected chi connectivity index (χ1v) is 6.78. The van der Waals surface area contributed by atoms with Crippen molar-refractivity contribution in [1.82, 2.24) is 0 Å². The Hall–Kier alpha value is -2.20. The molecule has 110 valence electrons. The summed E-state index contributed by atoms with van der Waals surface area (Å²) < 4.78 is 10.4. The van der Waals surface area contributed by atoms with Gasteiger partial charge in [-0.15, -0.1) is 0 Å². The van der Waals surface area contributed by atoms with Crippen LogP contribution in [-0.4, -0.2) is 24.8 Å². The fraction of sp³-hybridized carbons (Fsp3) is 0.188. The molecule has 0 heterocycles. The fourth-order valence-corrected chi connectivity index (χ4v) is 2.31. The number of hydrogen-bond acceptors (Lipinski definition) is 3. The molecule has 2 aromatic rings. The van der Waals surface area contributed by atoms with Crippen LogP contribution in [0.15, 0.2) is 36.4 Å². The van der Waals surface area contributed by atoms with Crippen LogP contribution >= 0.6 is 11.6 Å². The lowest BCUT2D eigenvalue weighted by Gasteiger charge is -2.11. The number of rotatable bonds is 5. The summed E-state index contributed by atoms with van der Waals surface area (Å²) in [6.07, 6.45) is 0. The van der Waals surface area contributed by atoms with Crippen molar-refractivity contribution in [3.05, 3.63) is 47.0 Å². The van der Waals surface area contributed by atoms with Crippen LogP contribution < -0.4 is 9.47 Å². The maximum atomic E-state index is 11.4. The van der Waals surface area contributed by atoms with Gasteiger partial charge in [0.15, 0.2) is 0 Å². The van der Waals surface area contributed by atoms with Gasteiger partial charge in [-0.2, -0.15) is 0 Å². The summed E-state index contributed by atoms with van der Waals surface area (Å²) in [5.41, 5.74) is 1.32. The van der Waals surface area contributed by atoms with Crippen molar-refractivity contribution >= 4 is 17.6 Å². The molecule has 0 aliphatic heterocycles. The van der Waals surface area contributed by atoms with Crippen molar-refractivity contribution in [2.45, 2.75) is 6.92 Å². The number of carboxylic acid groups (broad SMARTS) is 1. The van der Waals surface area contributed by atoms with Crippen molar-refractivity contribution in [2.75, 3.05) is 13.7 Å². The average molecular weight is 307 g/mol. The Balaban J connectivity index is 2.53. The van der Waals surface area contributed by atoms with E-state index in [-0.39, 0.29) is 5.56 Å². The van der Waals surface area contributed by atoms with Crippen molar-refractivity contribution in [1.29, 1.82) is 0 Å². The van der Waals surface area contributed by atoms with E-state index in [4.69, 9.17) is 21.1 Å². The van der Waals surface area contributed by atoms with Gasteiger partial charge in [-0.1, -0.05) is 11.6 Å². The Morgan fingerprint density at radius 3 is 2.38 bits per heavy atom. The number of hydrogen-bond donors (Lipinski definition) is 1. The van der Waals surface area contributed by atoms with Gasteiger partial charge in [0.2, 0.25) is 0 Å². The molecule has 0 bridgehead atoms. The number of carbonyl (C=O) groups is 1. The molecule has 0 spiro atoms. The fourth-order valence-electron chi connectivity index (χ4n) is 2.03. The maximum Gasteiger partial charge on any atom is 0.336 e. The summed E-state index contributed by atoms with van der Waals surface area (Å²) in [5, 5.41) is 9.79. The van der Waals surface area contributed by atoms with E-state index < -0.39 is 5.97 Å². The topological polar surface area (TPSA) is 55.8 Å². The molecule has 5 heteroatoms. The summed E-state index contributed by atoms with van der Waals surface area (Å²) in [5.74, 6) is 0.101. The average Bonchev–Trinajstić information content (AvgIpc) is 2.47. The molecule has 21 heavy (non-hydrogen) atoms. The van der Waals surface area contributed by atoms with Crippen LogP contribution in [0.3, 0.4) is 0 Å². The van der Waals surface area contributed by atoms with Gasteiger partial charge in [-0.05, 0) is 48.9 Å². The Labute approximate surface area is 127 Å². The van der Waals surface area contributed by atoms with E-state index in [1.807, 2.05) is 6.92 Å². The maximum absolute atomic E-state index is 11.4. The molecule has 2 rings (SSSR count). The molecule has 0 radical (unpaired) electrons. The third-order valence-corrected chi connectivity index (χ3v) is 3.31. The second kappa shape index (κ2) is 6.50. The Bertz CT molecular complexity index is 667. The lowest BCUT2D eigenvalue weighted by molar-refractivity contribution is 0.0697. The first kappa shape index (κ1) is 15.2. The van der Waals surface area contributed by atoms with Crippen LogP contribution in [-0.2, 0) is 0 Å². The summed E-state index contributed by atoms with van der Waals surface area (Å²) in [6, 6.07) is 10.1. The van der Waals surface area contributed by atoms with Crippen LogP contribution in [0.1, 0.15) is 17.3 Å². The zero-order valence-corrected chi connectivity index (χ0v) is 12.5. The minimum absolute atomic E-state index is 0.139. The van der Waals surface area contributed by atoms with Crippen LogP contribution in [0.25, 0.3) is 11.1 Å². The summed E-state index contributed by atoms with van der Waals surface area (Å²) in [6.45, 7) is 2.42. The molecule has 0 fully saturated rings. The lowest BCUT2D eigenvalue weighted by Crippen LogP contribution is -2.01. The highest BCUT2D eigenvalue weighted by Gasteiger charge is 2.15. The first-order valence-electron chi connectivity index (χ1n) is 6.41. The van der Waals surface area contributed by atoms with Gasteiger partial charge in [0.25, 0.3) is 0 Å². The lowest BCUT2D eigenvalue weighted by atomic mass is 9.99. The predicted octanol–water partition coefficient (Wildman–Crippen LogP) is 4.11. The minimum atomic E-state index is -1.03. The monoisotopic (exact) mass is 306 g/mol. The van der Waals surface area contributed by atoms with Crippen molar-refractivity contribution in [3.63, 3.8) is 0 Å². The van der Waals surface area contributed by atoms with E-state index in [1.54, 1.807) is 30.3 Å². The third kappa shape index (κ3) is 3.28. The number of methoxy groups -OCH3 is 1. The Kier molecular flexibility index (Phi) is 4.70. The van der Waals surface area contributed by atoms with E-state index >= 15 is 0 Å². The molecule has 1 N–H and O–H groups in total. The molecule has 0 saturated carbocycles. The van der Waals surface area contributed by atoms with Crippen LogP contribution in [0.4, 0.5) is 0 Å². The number of halogens is 1. The van der Waals surface area contributed by atoms with Gasteiger partial charge in [0.05, 0.1) is 24.3 Å². The third-order valence-electron chi connectivity index (χ3n) is 3.00. The smallest absolute Gasteiger partial charge is 0.336 e. The molecular formula is C16H15ClO4. The number of aromatic carboxylic acids is 1. The molecule has 2 aromatic carbocycles. The number of carboxylic acids is 1. The molecule has 0 aliphatic rings. The first-order chi connectivity index (χ1) is 10.1. The normalized spacial score (nSPS) is 10.2. The van der Waals surface area contributed by atoms with Gasteiger partial charge < -0.3 is 14.6 Å². The van der Waals surface area contributed by atoms with Crippen molar-refractivity contribution in [3.8, 4) is 22.6 Å². The summed E-state index contributed by atoms with van der Waals surface area (Å²) in [7, 11) is 1.49. The number of ether oxygens (including phenoxy) is 2. The van der Waals surface area contributed by atoms with Gasteiger partial charge in [-0.25, -0.2) is 4.79 Å². The van der Waals surface area contributed by atoms with Crippen molar-refractivity contribution < 1.29 is 19.4 Å². The highest BCUT2D eigenvalue weighted by Crippen LogP contribution is 2.34. The molecule has 4 nitrogen and oxygen atoms in total. The van der Waals surface area contributed by atoms with Crippen LogP contribution in [0.5, 0.6) is 11.5 Å².